The molecule has 0 spiro atoms. The van der Waals surface area contributed by atoms with Crippen LogP contribution in [0, 0.1) is 6.92 Å². The molecule has 2 atom stereocenters. The number of likely N-dealkylation sites (N-methyl/N-ethyl adjacent to an activating group) is 1. The normalized spacial score (nSPS) is 17.3. The SMILES string of the molecule is CCN1C(=O)[C@@H](NC(=O)c2cccc(C(F)(F)F)c2)[C@H](c2ccccc2)c2c(C)nn(-c3ccccc3)c21. The standard InChI is InChI=1S/C29H25F3N4O2/c1-3-35-27-23(18(2)34-36(27)22-15-8-5-9-16-22)24(19-11-6-4-7-12-19)25(28(35)38)33-26(37)20-13-10-14-21(17-20)29(30,31)32/h4-17,24-25H,3H2,1-2H3,(H,33,37)/t24-,25+/m1/s1. The van der Waals surface area contributed by atoms with Crippen molar-refractivity contribution in [3.05, 3.63) is 113 Å². The lowest BCUT2D eigenvalue weighted by molar-refractivity contribution is -0.137. The molecule has 0 saturated carbocycles. The first-order valence-electron chi connectivity index (χ1n) is 12.2. The Morgan fingerprint density at radius 1 is 0.974 bits per heavy atom. The molecule has 9 heteroatoms. The molecule has 5 rings (SSSR count). The maximum Gasteiger partial charge on any atom is 0.416 e. The molecule has 0 fully saturated rings. The third-order valence-electron chi connectivity index (χ3n) is 6.73. The Morgan fingerprint density at radius 3 is 2.26 bits per heavy atom. The Kier molecular flexibility index (Phi) is 6.52. The predicted octanol–water partition coefficient (Wildman–Crippen LogP) is 5.50. The van der Waals surface area contributed by atoms with Crippen molar-refractivity contribution in [2.75, 3.05) is 11.4 Å². The van der Waals surface area contributed by atoms with E-state index in [2.05, 4.69) is 5.32 Å². The van der Waals surface area contributed by atoms with E-state index in [4.69, 9.17) is 5.10 Å². The van der Waals surface area contributed by atoms with Gasteiger partial charge in [-0.15, -0.1) is 0 Å². The van der Waals surface area contributed by atoms with E-state index in [9.17, 15) is 22.8 Å². The molecule has 1 aliphatic heterocycles. The van der Waals surface area contributed by atoms with Gasteiger partial charge in [0.05, 0.1) is 16.9 Å². The van der Waals surface area contributed by atoms with Crippen molar-refractivity contribution in [1.82, 2.24) is 15.1 Å². The molecule has 0 radical (unpaired) electrons. The number of aryl methyl sites for hydroxylation is 1. The highest BCUT2D eigenvalue weighted by Crippen LogP contribution is 2.43. The average molecular weight is 519 g/mol. The zero-order valence-corrected chi connectivity index (χ0v) is 20.7. The van der Waals surface area contributed by atoms with Gasteiger partial charge in [-0.25, -0.2) is 4.68 Å². The van der Waals surface area contributed by atoms with Crippen LogP contribution in [0.25, 0.3) is 5.69 Å². The number of benzene rings is 3. The average Bonchev–Trinajstić information content (AvgIpc) is 3.26. The van der Waals surface area contributed by atoms with Crippen molar-refractivity contribution >= 4 is 17.6 Å². The van der Waals surface area contributed by atoms with Gasteiger partial charge in [0.1, 0.15) is 11.9 Å². The summed E-state index contributed by atoms with van der Waals surface area (Å²) in [4.78, 5) is 28.8. The van der Waals surface area contributed by atoms with Gasteiger partial charge >= 0.3 is 6.18 Å². The van der Waals surface area contributed by atoms with Crippen LogP contribution < -0.4 is 10.2 Å². The molecule has 3 aromatic carbocycles. The Bertz CT molecular complexity index is 1480. The molecular weight excluding hydrogens is 493 g/mol. The zero-order valence-electron chi connectivity index (χ0n) is 20.7. The number of rotatable bonds is 5. The van der Waals surface area contributed by atoms with Crippen LogP contribution in [0.1, 0.15) is 45.6 Å². The van der Waals surface area contributed by atoms with Gasteiger partial charge in [-0.1, -0.05) is 54.6 Å². The lowest BCUT2D eigenvalue weighted by Gasteiger charge is -2.38. The highest BCUT2D eigenvalue weighted by atomic mass is 19.4. The Labute approximate surface area is 217 Å². The summed E-state index contributed by atoms with van der Waals surface area (Å²) in [5.41, 5.74) is 1.91. The number of nitrogens with one attached hydrogen (secondary N) is 1. The van der Waals surface area contributed by atoms with E-state index in [0.29, 0.717) is 18.1 Å². The van der Waals surface area contributed by atoms with Crippen molar-refractivity contribution in [2.45, 2.75) is 32.0 Å². The summed E-state index contributed by atoms with van der Waals surface area (Å²) in [5.74, 6) is -1.12. The lowest BCUT2D eigenvalue weighted by Crippen LogP contribution is -2.55. The molecule has 1 aliphatic rings. The summed E-state index contributed by atoms with van der Waals surface area (Å²) in [6.07, 6.45) is -4.60. The minimum absolute atomic E-state index is 0.176. The van der Waals surface area contributed by atoms with E-state index in [-0.39, 0.29) is 11.5 Å². The van der Waals surface area contributed by atoms with Crippen molar-refractivity contribution in [2.24, 2.45) is 0 Å². The van der Waals surface area contributed by atoms with Crippen LogP contribution in [0.3, 0.4) is 0 Å². The first-order valence-corrected chi connectivity index (χ1v) is 12.2. The van der Waals surface area contributed by atoms with Crippen molar-refractivity contribution < 1.29 is 22.8 Å². The first-order chi connectivity index (χ1) is 18.2. The summed E-state index contributed by atoms with van der Waals surface area (Å²) < 4.78 is 41.6. The van der Waals surface area contributed by atoms with Gasteiger partial charge in [-0.05, 0) is 49.7 Å². The molecule has 2 heterocycles. The molecule has 6 nitrogen and oxygen atoms in total. The molecular formula is C29H25F3N4O2. The number of hydrogen-bond acceptors (Lipinski definition) is 3. The summed E-state index contributed by atoms with van der Waals surface area (Å²) in [6, 6.07) is 21.8. The van der Waals surface area contributed by atoms with Crippen LogP contribution in [0.5, 0.6) is 0 Å². The van der Waals surface area contributed by atoms with Gasteiger partial charge in [0.15, 0.2) is 0 Å². The second-order valence-corrected chi connectivity index (χ2v) is 9.07. The molecule has 0 unspecified atom stereocenters. The second-order valence-electron chi connectivity index (χ2n) is 9.07. The molecule has 38 heavy (non-hydrogen) atoms. The van der Waals surface area contributed by atoms with Crippen LogP contribution >= 0.6 is 0 Å². The highest BCUT2D eigenvalue weighted by molar-refractivity contribution is 6.05. The fourth-order valence-electron chi connectivity index (χ4n) is 5.01. The second kappa shape index (κ2) is 9.81. The van der Waals surface area contributed by atoms with E-state index in [1.165, 1.54) is 12.1 Å². The number of alkyl halides is 3. The van der Waals surface area contributed by atoms with Gasteiger partial charge in [0, 0.05) is 23.6 Å². The molecule has 0 bridgehead atoms. The quantitative estimate of drug-likeness (QED) is 0.380. The molecule has 0 saturated heterocycles. The van der Waals surface area contributed by atoms with Gasteiger partial charge < -0.3 is 5.32 Å². The Balaban J connectivity index is 1.64. The summed E-state index contributed by atoms with van der Waals surface area (Å²) in [7, 11) is 0. The molecule has 194 valence electrons. The Hall–Kier alpha value is -4.40. The van der Waals surface area contributed by atoms with Crippen molar-refractivity contribution in [3.8, 4) is 5.69 Å². The van der Waals surface area contributed by atoms with E-state index in [1.807, 2.05) is 74.5 Å². The number of amides is 2. The monoisotopic (exact) mass is 518 g/mol. The molecule has 1 N–H and O–H groups in total. The molecule has 0 aliphatic carbocycles. The zero-order chi connectivity index (χ0) is 27.0. The minimum Gasteiger partial charge on any atom is -0.339 e. The van der Waals surface area contributed by atoms with Crippen LogP contribution in [0.15, 0.2) is 84.9 Å². The van der Waals surface area contributed by atoms with E-state index < -0.39 is 29.6 Å². The van der Waals surface area contributed by atoms with E-state index in [1.54, 1.807) is 9.58 Å². The third kappa shape index (κ3) is 4.44. The summed E-state index contributed by atoms with van der Waals surface area (Å²) in [5, 5.41) is 7.53. The smallest absolute Gasteiger partial charge is 0.339 e. The lowest BCUT2D eigenvalue weighted by atomic mass is 9.81. The maximum absolute atomic E-state index is 14.0. The number of nitrogens with zero attached hydrogens (tertiary/aromatic N) is 3. The molecule has 4 aromatic rings. The summed E-state index contributed by atoms with van der Waals surface area (Å²) >= 11 is 0. The number of aromatic nitrogens is 2. The largest absolute Gasteiger partial charge is 0.416 e. The van der Waals surface area contributed by atoms with Gasteiger partial charge in [-0.2, -0.15) is 18.3 Å². The number of halogens is 3. The topological polar surface area (TPSA) is 67.2 Å². The van der Waals surface area contributed by atoms with Gasteiger partial charge in [0.25, 0.3) is 11.8 Å². The number of fused-ring (bicyclic) bond motifs is 1. The van der Waals surface area contributed by atoms with Crippen molar-refractivity contribution in [1.29, 1.82) is 0 Å². The maximum atomic E-state index is 14.0. The molecule has 2 amide bonds. The van der Waals surface area contributed by atoms with E-state index in [0.717, 1.165) is 28.9 Å². The number of carbonyl (C=O) groups excluding carboxylic acids is 2. The minimum atomic E-state index is -4.60. The Morgan fingerprint density at radius 2 is 1.63 bits per heavy atom. The van der Waals surface area contributed by atoms with Crippen LogP contribution in [0.4, 0.5) is 19.0 Å². The van der Waals surface area contributed by atoms with E-state index >= 15 is 0 Å². The van der Waals surface area contributed by atoms with Gasteiger partial charge in [-0.3, -0.25) is 14.5 Å². The predicted molar refractivity (Wildman–Crippen MR) is 137 cm³/mol. The summed E-state index contributed by atoms with van der Waals surface area (Å²) in [6.45, 7) is 3.98. The first kappa shape index (κ1) is 25.3. The number of para-hydroxylation sites is 1. The highest BCUT2D eigenvalue weighted by Gasteiger charge is 2.45. The molecule has 1 aromatic heterocycles. The number of carbonyl (C=O) groups is 2. The van der Waals surface area contributed by atoms with Crippen LogP contribution in [-0.2, 0) is 11.0 Å². The fourth-order valence-corrected chi connectivity index (χ4v) is 5.01. The van der Waals surface area contributed by atoms with Crippen molar-refractivity contribution in [3.63, 3.8) is 0 Å². The fraction of sp³-hybridized carbons (Fsp3) is 0.207. The number of hydrogen-bond donors (Lipinski definition) is 1. The van der Waals surface area contributed by atoms with Crippen LogP contribution in [0.2, 0.25) is 0 Å². The number of anilines is 1. The van der Waals surface area contributed by atoms with Gasteiger partial charge in [0.2, 0.25) is 0 Å². The van der Waals surface area contributed by atoms with Crippen LogP contribution in [-0.4, -0.2) is 34.2 Å². The third-order valence-corrected chi connectivity index (χ3v) is 6.73.